The van der Waals surface area contributed by atoms with Gasteiger partial charge in [-0.3, -0.25) is 5.32 Å². The molecule has 1 rings (SSSR count). The predicted molar refractivity (Wildman–Crippen MR) is 39.7 cm³/mol. The number of rotatable bonds is 1. The van der Waals surface area contributed by atoms with E-state index in [1.807, 2.05) is 0 Å². The van der Waals surface area contributed by atoms with Crippen LogP contribution in [0.2, 0.25) is 0 Å². The van der Waals surface area contributed by atoms with E-state index >= 15 is 0 Å². The van der Waals surface area contributed by atoms with Crippen molar-refractivity contribution >= 4 is 17.7 Å². The molecule has 0 fully saturated rings. The molecule has 1 aromatic heterocycles. The smallest absolute Gasteiger partial charge is 0.317 e. The second-order valence-corrected chi connectivity index (χ2v) is 1.82. The summed E-state index contributed by atoms with van der Waals surface area (Å²) in [6.45, 7) is 0. The molecular formula is C5H7N5O. The van der Waals surface area contributed by atoms with Crippen molar-refractivity contribution in [2.45, 2.75) is 0 Å². The number of urea groups is 1. The van der Waals surface area contributed by atoms with E-state index in [-0.39, 0.29) is 5.82 Å². The van der Waals surface area contributed by atoms with Crippen LogP contribution in [0.4, 0.5) is 16.4 Å². The molecule has 2 amide bonds. The molecule has 0 aliphatic carbocycles. The molecule has 0 aliphatic rings. The van der Waals surface area contributed by atoms with Gasteiger partial charge < -0.3 is 11.5 Å². The van der Waals surface area contributed by atoms with Gasteiger partial charge in [0.1, 0.15) is 5.82 Å². The van der Waals surface area contributed by atoms with E-state index in [9.17, 15) is 4.79 Å². The summed E-state index contributed by atoms with van der Waals surface area (Å²) < 4.78 is 0. The highest BCUT2D eigenvalue weighted by molar-refractivity contribution is 5.86. The maximum Gasteiger partial charge on any atom is 0.317 e. The number of carbonyl (C=O) groups is 1. The highest BCUT2D eigenvalue weighted by Gasteiger charge is 1.95. The first-order chi connectivity index (χ1) is 5.18. The molecule has 0 saturated carbocycles. The summed E-state index contributed by atoms with van der Waals surface area (Å²) in [5.41, 5.74) is 10.1. The van der Waals surface area contributed by atoms with Gasteiger partial charge in [-0.2, -0.15) is 0 Å². The Morgan fingerprint density at radius 1 is 1.45 bits per heavy atom. The van der Waals surface area contributed by atoms with E-state index in [2.05, 4.69) is 15.3 Å². The minimum absolute atomic E-state index is 0.284. The Labute approximate surface area is 62.6 Å². The van der Waals surface area contributed by atoms with Gasteiger partial charge in [-0.05, 0) is 0 Å². The number of primary amides is 1. The summed E-state index contributed by atoms with van der Waals surface area (Å²) in [5, 5.41) is 2.24. The van der Waals surface area contributed by atoms with Crippen molar-refractivity contribution < 1.29 is 4.79 Å². The van der Waals surface area contributed by atoms with E-state index in [1.54, 1.807) is 0 Å². The van der Waals surface area contributed by atoms with Gasteiger partial charge in [0.2, 0.25) is 0 Å². The molecule has 0 saturated heterocycles. The maximum atomic E-state index is 10.3. The van der Waals surface area contributed by atoms with E-state index in [4.69, 9.17) is 11.5 Å². The van der Waals surface area contributed by atoms with Gasteiger partial charge in [-0.25, -0.2) is 14.8 Å². The van der Waals surface area contributed by atoms with Gasteiger partial charge in [-0.1, -0.05) is 0 Å². The molecule has 1 aromatic rings. The number of amides is 2. The van der Waals surface area contributed by atoms with Gasteiger partial charge in [0.25, 0.3) is 0 Å². The number of anilines is 2. The molecule has 0 unspecified atom stereocenters. The van der Waals surface area contributed by atoms with Crippen LogP contribution in [0.25, 0.3) is 0 Å². The van der Waals surface area contributed by atoms with Crippen LogP contribution < -0.4 is 16.8 Å². The van der Waals surface area contributed by atoms with Crippen molar-refractivity contribution in [1.29, 1.82) is 0 Å². The maximum absolute atomic E-state index is 10.3. The summed E-state index contributed by atoms with van der Waals surface area (Å²) in [6, 6.07) is -0.677. The number of nitrogens with zero attached hydrogens (tertiary/aromatic N) is 2. The Morgan fingerprint density at radius 2 is 2.18 bits per heavy atom. The Bertz CT molecular complexity index is 256. The number of aromatic nitrogens is 2. The van der Waals surface area contributed by atoms with Gasteiger partial charge in [0, 0.05) is 0 Å². The first-order valence-corrected chi connectivity index (χ1v) is 2.82. The Balaban J connectivity index is 2.74. The third-order valence-corrected chi connectivity index (χ3v) is 0.923. The average molecular weight is 153 g/mol. The molecule has 0 aliphatic heterocycles. The van der Waals surface area contributed by atoms with Gasteiger partial charge in [-0.15, -0.1) is 0 Å². The molecule has 0 radical (unpaired) electrons. The Kier molecular flexibility index (Phi) is 1.86. The highest BCUT2D eigenvalue weighted by Crippen LogP contribution is 1.99. The Morgan fingerprint density at radius 3 is 2.64 bits per heavy atom. The first-order valence-electron chi connectivity index (χ1n) is 2.82. The van der Waals surface area contributed by atoms with Gasteiger partial charge in [0.15, 0.2) is 5.82 Å². The van der Waals surface area contributed by atoms with Crippen molar-refractivity contribution in [2.75, 3.05) is 11.1 Å². The summed E-state index contributed by atoms with van der Waals surface area (Å²) in [4.78, 5) is 17.7. The number of nitrogen functional groups attached to an aromatic ring is 1. The highest BCUT2D eigenvalue weighted by atomic mass is 16.2. The number of hydrogen-bond donors (Lipinski definition) is 3. The molecule has 1 heterocycles. The van der Waals surface area contributed by atoms with Crippen LogP contribution in [0.1, 0.15) is 0 Å². The van der Waals surface area contributed by atoms with E-state index in [1.165, 1.54) is 12.4 Å². The fourth-order valence-corrected chi connectivity index (χ4v) is 0.529. The van der Waals surface area contributed by atoms with Gasteiger partial charge >= 0.3 is 6.03 Å². The molecule has 6 nitrogen and oxygen atoms in total. The zero-order chi connectivity index (χ0) is 8.27. The summed E-state index contributed by atoms with van der Waals surface area (Å²) in [6.07, 6.45) is 2.64. The van der Waals surface area contributed by atoms with E-state index in [0.717, 1.165) is 0 Å². The number of hydrogen-bond acceptors (Lipinski definition) is 4. The first kappa shape index (κ1) is 7.26. The SMILES string of the molecule is NC(=O)Nc1cnc(N)cn1. The third-order valence-electron chi connectivity index (χ3n) is 0.923. The lowest BCUT2D eigenvalue weighted by Crippen LogP contribution is -2.20. The van der Waals surface area contributed by atoms with Crippen LogP contribution in [-0.2, 0) is 0 Å². The Hall–Kier alpha value is -1.85. The summed E-state index contributed by atoms with van der Waals surface area (Å²) in [5.74, 6) is 0.576. The zero-order valence-corrected chi connectivity index (χ0v) is 5.61. The molecular weight excluding hydrogens is 146 g/mol. The fraction of sp³-hybridized carbons (Fsp3) is 0. The minimum Gasteiger partial charge on any atom is -0.382 e. The molecule has 5 N–H and O–H groups in total. The fourth-order valence-electron chi connectivity index (χ4n) is 0.529. The lowest BCUT2D eigenvalue weighted by Gasteiger charge is -1.98. The van der Waals surface area contributed by atoms with Crippen LogP contribution in [0, 0.1) is 0 Å². The molecule has 58 valence electrons. The van der Waals surface area contributed by atoms with E-state index in [0.29, 0.717) is 5.82 Å². The number of nitrogens with two attached hydrogens (primary N) is 2. The van der Waals surface area contributed by atoms with Crippen LogP contribution in [0.3, 0.4) is 0 Å². The van der Waals surface area contributed by atoms with Crippen LogP contribution in [-0.4, -0.2) is 16.0 Å². The van der Waals surface area contributed by atoms with Crippen LogP contribution in [0.5, 0.6) is 0 Å². The largest absolute Gasteiger partial charge is 0.382 e. The van der Waals surface area contributed by atoms with Crippen molar-refractivity contribution in [3.63, 3.8) is 0 Å². The molecule has 0 bridgehead atoms. The van der Waals surface area contributed by atoms with Crippen LogP contribution >= 0.6 is 0 Å². The third kappa shape index (κ3) is 2.09. The normalized spacial score (nSPS) is 9.09. The molecule has 0 spiro atoms. The van der Waals surface area contributed by atoms with Crippen molar-refractivity contribution in [3.8, 4) is 0 Å². The lowest BCUT2D eigenvalue weighted by atomic mass is 10.6. The summed E-state index contributed by atoms with van der Waals surface area (Å²) >= 11 is 0. The van der Waals surface area contributed by atoms with Crippen molar-refractivity contribution in [1.82, 2.24) is 9.97 Å². The standard InChI is InChI=1S/C5H7N5O/c6-3-1-9-4(2-8-3)10-5(7)11/h1-2H,(H2,6,8)(H3,7,9,10,11). The number of nitrogens with one attached hydrogen (secondary N) is 1. The van der Waals surface area contributed by atoms with E-state index < -0.39 is 6.03 Å². The second-order valence-electron chi connectivity index (χ2n) is 1.82. The quantitative estimate of drug-likeness (QED) is 0.507. The van der Waals surface area contributed by atoms with Gasteiger partial charge in [0.05, 0.1) is 12.4 Å². The predicted octanol–water partition coefficient (Wildman–Crippen LogP) is -0.451. The van der Waals surface area contributed by atoms with Crippen molar-refractivity contribution in [2.24, 2.45) is 5.73 Å². The van der Waals surface area contributed by atoms with Crippen molar-refractivity contribution in [3.05, 3.63) is 12.4 Å². The molecule has 0 atom stereocenters. The topological polar surface area (TPSA) is 107 Å². The molecule has 11 heavy (non-hydrogen) atoms. The zero-order valence-electron chi connectivity index (χ0n) is 5.61. The van der Waals surface area contributed by atoms with Crippen LogP contribution in [0.15, 0.2) is 12.4 Å². The summed E-state index contributed by atoms with van der Waals surface area (Å²) in [7, 11) is 0. The second kappa shape index (κ2) is 2.82. The average Bonchev–Trinajstić information content (AvgIpc) is 1.93. The lowest BCUT2D eigenvalue weighted by molar-refractivity contribution is 0.259. The number of carbonyl (C=O) groups excluding carboxylic acids is 1. The monoisotopic (exact) mass is 153 g/mol. The molecule has 6 heteroatoms. The molecule has 0 aromatic carbocycles. The minimum atomic E-state index is -0.677.